The van der Waals surface area contributed by atoms with Crippen molar-refractivity contribution in [1.82, 2.24) is 19.5 Å². The Kier molecular flexibility index (Phi) is 7.28. The molecule has 11 heteroatoms. The highest BCUT2D eigenvalue weighted by Gasteiger charge is 2.23. The van der Waals surface area contributed by atoms with Crippen molar-refractivity contribution in [3.63, 3.8) is 0 Å². The van der Waals surface area contributed by atoms with Crippen LogP contribution in [-0.4, -0.2) is 36.2 Å². The van der Waals surface area contributed by atoms with Crippen molar-refractivity contribution in [2.75, 3.05) is 7.11 Å². The quantitative estimate of drug-likeness (QED) is 0.272. The molecule has 5 aromatic rings. The Hall–Kier alpha value is -3.99. The molecule has 0 atom stereocenters. The molecule has 2 aromatic heterocycles. The van der Waals surface area contributed by atoms with Crippen LogP contribution in [-0.2, 0) is 21.2 Å². The highest BCUT2D eigenvalue weighted by atomic mass is 35.5. The van der Waals surface area contributed by atoms with Crippen LogP contribution in [0.5, 0.6) is 5.75 Å². The fraction of sp³-hybridized carbons (Fsp3) is 0.0741. The summed E-state index contributed by atoms with van der Waals surface area (Å²) in [7, 11) is -2.60. The summed E-state index contributed by atoms with van der Waals surface area (Å²) < 4.78 is 34.9. The average Bonchev–Trinajstić information content (AvgIpc) is 3.58. The van der Waals surface area contributed by atoms with Gasteiger partial charge in [-0.3, -0.25) is 4.79 Å². The predicted molar refractivity (Wildman–Crippen MR) is 147 cm³/mol. The molecule has 1 N–H and O–H groups in total. The van der Waals surface area contributed by atoms with Gasteiger partial charge in [0.1, 0.15) is 10.8 Å². The van der Waals surface area contributed by atoms with Crippen LogP contribution in [0.3, 0.4) is 0 Å². The molecule has 2 heterocycles. The third-order valence-corrected chi connectivity index (χ3v) is 8.17. The zero-order chi connectivity index (χ0) is 26.7. The number of para-hydroxylation sites is 1. The number of halogens is 1. The Labute approximate surface area is 228 Å². The molecular formula is C27H21ClN4O4S2. The van der Waals surface area contributed by atoms with Crippen molar-refractivity contribution in [1.29, 1.82) is 0 Å². The number of nitrogens with zero attached hydrogens (tertiary/aromatic N) is 3. The van der Waals surface area contributed by atoms with Gasteiger partial charge in [0, 0.05) is 33.3 Å². The molecule has 3 aromatic carbocycles. The van der Waals surface area contributed by atoms with E-state index in [9.17, 15) is 13.2 Å². The molecule has 1 amide bonds. The first-order valence-corrected chi connectivity index (χ1v) is 14.1. The van der Waals surface area contributed by atoms with Crippen LogP contribution in [0.1, 0.15) is 5.56 Å². The summed E-state index contributed by atoms with van der Waals surface area (Å²) >= 11 is 7.09. The number of rotatable bonds is 8. The van der Waals surface area contributed by atoms with Crippen LogP contribution in [0.15, 0.2) is 95.5 Å². The Balaban J connectivity index is 1.39. The van der Waals surface area contributed by atoms with E-state index < -0.39 is 15.9 Å². The SMILES string of the molecule is COc1ccc(-c2nn(-c3ccccc3)cc2CC(=O)NS(=O)(=O)c2csc(-c3ccc(Cl)cc3)n2)cc1. The lowest BCUT2D eigenvalue weighted by Crippen LogP contribution is -2.32. The maximum absolute atomic E-state index is 13.0. The van der Waals surface area contributed by atoms with Gasteiger partial charge in [-0.05, 0) is 48.5 Å². The molecule has 0 aliphatic rings. The molecule has 0 fully saturated rings. The molecule has 192 valence electrons. The molecule has 8 nitrogen and oxygen atoms in total. The molecule has 38 heavy (non-hydrogen) atoms. The first-order valence-electron chi connectivity index (χ1n) is 11.4. The third kappa shape index (κ3) is 5.62. The van der Waals surface area contributed by atoms with Crippen molar-refractivity contribution >= 4 is 38.9 Å². The van der Waals surface area contributed by atoms with Gasteiger partial charge in [-0.25, -0.2) is 14.4 Å². The molecule has 5 rings (SSSR count). The van der Waals surface area contributed by atoms with E-state index in [2.05, 4.69) is 14.8 Å². The van der Waals surface area contributed by atoms with Crippen molar-refractivity contribution in [2.45, 2.75) is 11.4 Å². The molecule has 0 aliphatic carbocycles. The monoisotopic (exact) mass is 564 g/mol. The number of carbonyl (C=O) groups excluding carboxylic acids is 1. The molecule has 0 spiro atoms. The second kappa shape index (κ2) is 10.8. The summed E-state index contributed by atoms with van der Waals surface area (Å²) in [5.41, 5.74) is 3.41. The van der Waals surface area contributed by atoms with Gasteiger partial charge < -0.3 is 4.74 Å². The minimum atomic E-state index is -4.18. The predicted octanol–water partition coefficient (Wildman–Crippen LogP) is 5.37. The summed E-state index contributed by atoms with van der Waals surface area (Å²) in [5.74, 6) is -0.0173. The number of methoxy groups -OCH3 is 1. The molecule has 0 unspecified atom stereocenters. The Morgan fingerprint density at radius 3 is 2.37 bits per heavy atom. The molecule has 0 radical (unpaired) electrons. The van der Waals surface area contributed by atoms with E-state index in [1.54, 1.807) is 54.4 Å². The van der Waals surface area contributed by atoms with Gasteiger partial charge in [0.25, 0.3) is 10.0 Å². The van der Waals surface area contributed by atoms with Crippen molar-refractivity contribution in [3.05, 3.63) is 101 Å². The lowest BCUT2D eigenvalue weighted by molar-refractivity contribution is -0.118. The maximum Gasteiger partial charge on any atom is 0.282 e. The lowest BCUT2D eigenvalue weighted by Gasteiger charge is -2.06. The average molecular weight is 565 g/mol. The van der Waals surface area contributed by atoms with E-state index in [1.165, 1.54) is 5.38 Å². The number of thiazole rings is 1. The van der Waals surface area contributed by atoms with E-state index in [0.717, 1.165) is 28.2 Å². The maximum atomic E-state index is 13.0. The minimum absolute atomic E-state index is 0.207. The number of ether oxygens (including phenoxy) is 1. The van der Waals surface area contributed by atoms with Crippen LogP contribution in [0.2, 0.25) is 5.02 Å². The smallest absolute Gasteiger partial charge is 0.282 e. The van der Waals surface area contributed by atoms with E-state index in [-0.39, 0.29) is 11.4 Å². The highest BCUT2D eigenvalue weighted by Crippen LogP contribution is 2.28. The Bertz CT molecular complexity index is 1680. The molecule has 0 saturated heterocycles. The Morgan fingerprint density at radius 1 is 1.00 bits per heavy atom. The summed E-state index contributed by atoms with van der Waals surface area (Å²) in [6.45, 7) is 0. The number of nitrogens with one attached hydrogen (secondary N) is 1. The second-order valence-electron chi connectivity index (χ2n) is 8.21. The number of benzene rings is 3. The summed E-state index contributed by atoms with van der Waals surface area (Å²) in [6, 6.07) is 23.6. The number of hydrogen-bond acceptors (Lipinski definition) is 7. The van der Waals surface area contributed by atoms with Crippen LogP contribution >= 0.6 is 22.9 Å². The fourth-order valence-electron chi connectivity index (χ4n) is 3.76. The van der Waals surface area contributed by atoms with Crippen LogP contribution in [0, 0.1) is 0 Å². The topological polar surface area (TPSA) is 103 Å². The first kappa shape index (κ1) is 25.7. The number of carbonyl (C=O) groups is 1. The van der Waals surface area contributed by atoms with E-state index in [4.69, 9.17) is 16.3 Å². The molecule has 0 saturated carbocycles. The molecule has 0 bridgehead atoms. The van der Waals surface area contributed by atoms with Gasteiger partial charge in [-0.2, -0.15) is 13.5 Å². The van der Waals surface area contributed by atoms with Gasteiger partial charge in [-0.15, -0.1) is 11.3 Å². The number of sulfonamides is 1. The fourth-order valence-corrected chi connectivity index (χ4v) is 5.97. The minimum Gasteiger partial charge on any atom is -0.497 e. The van der Waals surface area contributed by atoms with Crippen molar-refractivity contribution in [3.8, 4) is 33.3 Å². The highest BCUT2D eigenvalue weighted by molar-refractivity contribution is 7.90. The van der Waals surface area contributed by atoms with Gasteiger partial charge in [0.05, 0.1) is 24.9 Å². The van der Waals surface area contributed by atoms with Crippen molar-refractivity contribution in [2.24, 2.45) is 0 Å². The largest absolute Gasteiger partial charge is 0.497 e. The molecular weight excluding hydrogens is 544 g/mol. The van der Waals surface area contributed by atoms with Crippen LogP contribution in [0.4, 0.5) is 0 Å². The standard InChI is InChI=1S/C27H21ClN4O4S2/c1-36-23-13-9-18(10-14-23)26-20(16-32(30-26)22-5-3-2-4-6-22)15-24(33)31-38(34,35)25-17-37-27(29-25)19-7-11-21(28)12-8-19/h2-14,16-17H,15H2,1H3,(H,31,33). The van der Waals surface area contributed by atoms with Gasteiger partial charge in [0.2, 0.25) is 5.91 Å². The van der Waals surface area contributed by atoms with Crippen LogP contribution < -0.4 is 9.46 Å². The number of aromatic nitrogens is 3. The van der Waals surface area contributed by atoms with Crippen molar-refractivity contribution < 1.29 is 17.9 Å². The number of amides is 1. The zero-order valence-corrected chi connectivity index (χ0v) is 22.4. The molecule has 0 aliphatic heterocycles. The Morgan fingerprint density at radius 2 is 1.68 bits per heavy atom. The van der Waals surface area contributed by atoms with E-state index in [0.29, 0.717) is 27.0 Å². The lowest BCUT2D eigenvalue weighted by atomic mass is 10.1. The third-order valence-electron chi connectivity index (χ3n) is 5.62. The summed E-state index contributed by atoms with van der Waals surface area (Å²) in [5, 5.41) is 6.92. The number of hydrogen-bond donors (Lipinski definition) is 1. The second-order valence-corrected chi connectivity index (χ2v) is 11.1. The van der Waals surface area contributed by atoms with Gasteiger partial charge in [0.15, 0.2) is 5.03 Å². The summed E-state index contributed by atoms with van der Waals surface area (Å²) in [6.07, 6.45) is 1.52. The summed E-state index contributed by atoms with van der Waals surface area (Å²) in [4.78, 5) is 17.2. The van der Waals surface area contributed by atoms with E-state index >= 15 is 0 Å². The van der Waals surface area contributed by atoms with Gasteiger partial charge >= 0.3 is 0 Å². The van der Waals surface area contributed by atoms with E-state index in [1.807, 2.05) is 42.5 Å². The van der Waals surface area contributed by atoms with Gasteiger partial charge in [-0.1, -0.05) is 41.9 Å². The first-order chi connectivity index (χ1) is 18.3. The van der Waals surface area contributed by atoms with Crippen LogP contribution in [0.25, 0.3) is 27.5 Å². The zero-order valence-electron chi connectivity index (χ0n) is 20.0. The normalized spacial score (nSPS) is 11.3.